The normalized spacial score (nSPS) is 16.4. The Morgan fingerprint density at radius 2 is 1.91 bits per heavy atom. The number of H-pyrrole nitrogens is 1. The minimum Gasteiger partial charge on any atom is -0.361 e. The summed E-state index contributed by atoms with van der Waals surface area (Å²) in [4.78, 5) is 6.07. The maximum Gasteiger partial charge on any atom is 0.123 e. The van der Waals surface area contributed by atoms with Crippen LogP contribution < -0.4 is 0 Å². The number of aromatic nitrogens is 4. The number of rotatable bonds is 8. The molecule has 6 heteroatoms. The summed E-state index contributed by atoms with van der Waals surface area (Å²) in [6.45, 7) is 5.86. The Morgan fingerprint density at radius 1 is 1.09 bits per heavy atom. The molecule has 1 atom stereocenters. The molecule has 0 aliphatic carbocycles. The molecule has 5 rings (SSSR count). The van der Waals surface area contributed by atoms with Gasteiger partial charge in [-0.2, -0.15) is 0 Å². The average Bonchev–Trinajstić information content (AvgIpc) is 3.50. The number of halogens is 1. The van der Waals surface area contributed by atoms with E-state index in [1.165, 1.54) is 60.8 Å². The topological polar surface area (TPSA) is 49.7 Å². The third-order valence-corrected chi connectivity index (χ3v) is 7.42. The first-order valence-corrected chi connectivity index (χ1v) is 12.5. The predicted octanol–water partition coefficient (Wildman–Crippen LogP) is 6.24. The van der Waals surface area contributed by atoms with Gasteiger partial charge in [-0.15, -0.1) is 10.2 Å². The molecule has 2 aromatic carbocycles. The smallest absolute Gasteiger partial charge is 0.123 e. The van der Waals surface area contributed by atoms with Crippen molar-refractivity contribution in [3.05, 3.63) is 77.5 Å². The van der Waals surface area contributed by atoms with Gasteiger partial charge in [0.25, 0.3) is 0 Å². The zero-order chi connectivity index (χ0) is 22.6. The Labute approximate surface area is 200 Å². The molecule has 33 heavy (non-hydrogen) atoms. The van der Waals surface area contributed by atoms with Crippen LogP contribution in [0.5, 0.6) is 0 Å². The number of nitrogens with zero attached hydrogens (tertiary/aromatic N) is 4. The summed E-state index contributed by atoms with van der Waals surface area (Å²) in [6.07, 6.45) is 12.0. The molecule has 0 bridgehead atoms. The zero-order valence-corrected chi connectivity index (χ0v) is 20.0. The van der Waals surface area contributed by atoms with Crippen LogP contribution in [0.1, 0.15) is 49.7 Å². The van der Waals surface area contributed by atoms with Crippen LogP contribution in [-0.2, 0) is 6.42 Å². The largest absolute Gasteiger partial charge is 0.361 e. The predicted molar refractivity (Wildman–Crippen MR) is 135 cm³/mol. The SMILES string of the molecule is CC(CN1CCC(CCCc2c[nH]c3ccc(-n4cnnc4)cc23)CC1)c1cccc(Cl)c1. The minimum absolute atomic E-state index is 0.519. The third kappa shape index (κ3) is 5.31. The second-order valence-electron chi connectivity index (χ2n) is 9.51. The molecule has 1 fully saturated rings. The number of aryl methyl sites for hydroxylation is 1. The Kier molecular flexibility index (Phi) is 6.79. The minimum atomic E-state index is 0.519. The van der Waals surface area contributed by atoms with Gasteiger partial charge >= 0.3 is 0 Å². The van der Waals surface area contributed by atoms with E-state index in [2.05, 4.69) is 69.6 Å². The van der Waals surface area contributed by atoms with E-state index >= 15 is 0 Å². The van der Waals surface area contributed by atoms with Gasteiger partial charge in [-0.1, -0.05) is 37.1 Å². The lowest BCUT2D eigenvalue weighted by Gasteiger charge is -2.33. The lowest BCUT2D eigenvalue weighted by molar-refractivity contribution is 0.171. The third-order valence-electron chi connectivity index (χ3n) is 7.18. The molecule has 1 saturated heterocycles. The quantitative estimate of drug-likeness (QED) is 0.338. The van der Waals surface area contributed by atoms with Crippen molar-refractivity contribution >= 4 is 22.5 Å². The summed E-state index contributed by atoms with van der Waals surface area (Å²) in [6, 6.07) is 14.8. The first-order valence-electron chi connectivity index (χ1n) is 12.1. The number of likely N-dealkylation sites (tertiary alicyclic amines) is 1. The highest BCUT2D eigenvalue weighted by molar-refractivity contribution is 6.30. The van der Waals surface area contributed by atoms with E-state index in [9.17, 15) is 0 Å². The summed E-state index contributed by atoms with van der Waals surface area (Å²) in [5.41, 5.74) is 5.06. The molecule has 4 aromatic rings. The monoisotopic (exact) mass is 461 g/mol. The highest BCUT2D eigenvalue weighted by Gasteiger charge is 2.21. The number of fused-ring (bicyclic) bond motifs is 1. The zero-order valence-electron chi connectivity index (χ0n) is 19.3. The van der Waals surface area contributed by atoms with Crippen molar-refractivity contribution < 1.29 is 0 Å². The van der Waals surface area contributed by atoms with Gasteiger partial charge in [0.15, 0.2) is 0 Å². The van der Waals surface area contributed by atoms with Crippen LogP contribution in [0.2, 0.25) is 5.02 Å². The molecule has 172 valence electrons. The molecule has 2 aromatic heterocycles. The summed E-state index contributed by atoms with van der Waals surface area (Å²) in [5.74, 6) is 1.37. The van der Waals surface area contributed by atoms with Gasteiger partial charge in [0.1, 0.15) is 12.7 Å². The van der Waals surface area contributed by atoms with E-state index in [1.807, 2.05) is 10.6 Å². The Balaban J connectivity index is 1.10. The summed E-state index contributed by atoms with van der Waals surface area (Å²) in [5, 5.41) is 10.00. The van der Waals surface area contributed by atoms with Crippen LogP contribution in [0.3, 0.4) is 0 Å². The molecule has 0 saturated carbocycles. The van der Waals surface area contributed by atoms with E-state index in [0.717, 1.165) is 29.6 Å². The Hall–Kier alpha value is -2.63. The van der Waals surface area contributed by atoms with Gasteiger partial charge in [0.05, 0.1) is 0 Å². The first-order chi connectivity index (χ1) is 16.2. The number of nitrogens with one attached hydrogen (secondary N) is 1. The summed E-state index contributed by atoms with van der Waals surface area (Å²) < 4.78 is 1.96. The average molecular weight is 462 g/mol. The van der Waals surface area contributed by atoms with Gasteiger partial charge in [0.2, 0.25) is 0 Å². The molecule has 0 radical (unpaired) electrons. The van der Waals surface area contributed by atoms with Gasteiger partial charge in [-0.3, -0.25) is 4.57 Å². The maximum atomic E-state index is 6.18. The molecule has 1 aliphatic heterocycles. The molecule has 0 spiro atoms. The van der Waals surface area contributed by atoms with E-state index < -0.39 is 0 Å². The summed E-state index contributed by atoms with van der Waals surface area (Å²) >= 11 is 6.18. The van der Waals surface area contributed by atoms with Crippen LogP contribution in [0.4, 0.5) is 0 Å². The van der Waals surface area contributed by atoms with E-state index in [1.54, 1.807) is 12.7 Å². The van der Waals surface area contributed by atoms with Crippen molar-refractivity contribution in [3.63, 3.8) is 0 Å². The van der Waals surface area contributed by atoms with Crippen LogP contribution in [-0.4, -0.2) is 44.3 Å². The molecule has 1 unspecified atom stereocenters. The van der Waals surface area contributed by atoms with Gasteiger partial charge in [0, 0.05) is 34.4 Å². The Morgan fingerprint density at radius 3 is 2.70 bits per heavy atom. The number of hydrogen-bond acceptors (Lipinski definition) is 3. The molecule has 3 heterocycles. The van der Waals surface area contributed by atoms with Crippen LogP contribution in [0, 0.1) is 5.92 Å². The summed E-state index contributed by atoms with van der Waals surface area (Å²) in [7, 11) is 0. The fraction of sp³-hybridized carbons (Fsp3) is 0.407. The Bertz CT molecular complexity index is 1170. The molecule has 1 aliphatic rings. The number of aromatic amines is 1. The standard InChI is InChI=1S/C27H32ClN5/c1-20(22-5-3-7-24(28)14-22)17-32-12-10-21(11-13-32)4-2-6-23-16-29-27-9-8-25(15-26(23)27)33-18-30-31-19-33/h3,5,7-9,14-16,18-21,29H,2,4,6,10-13,17H2,1H3. The van der Waals surface area contributed by atoms with E-state index in [0.29, 0.717) is 5.92 Å². The highest BCUT2D eigenvalue weighted by atomic mass is 35.5. The molecule has 5 nitrogen and oxygen atoms in total. The lowest BCUT2D eigenvalue weighted by atomic mass is 9.90. The first kappa shape index (κ1) is 22.2. The van der Waals surface area contributed by atoms with Crippen molar-refractivity contribution in [2.24, 2.45) is 5.92 Å². The van der Waals surface area contributed by atoms with Crippen molar-refractivity contribution in [1.29, 1.82) is 0 Å². The van der Waals surface area contributed by atoms with Crippen molar-refractivity contribution in [3.8, 4) is 5.69 Å². The van der Waals surface area contributed by atoms with E-state index in [-0.39, 0.29) is 0 Å². The number of piperidine rings is 1. The van der Waals surface area contributed by atoms with Gasteiger partial charge < -0.3 is 9.88 Å². The van der Waals surface area contributed by atoms with Crippen LogP contribution in [0.15, 0.2) is 61.3 Å². The van der Waals surface area contributed by atoms with Crippen LogP contribution >= 0.6 is 11.6 Å². The van der Waals surface area contributed by atoms with Crippen molar-refractivity contribution in [2.45, 2.75) is 44.9 Å². The fourth-order valence-corrected chi connectivity index (χ4v) is 5.41. The van der Waals surface area contributed by atoms with Gasteiger partial charge in [-0.05, 0) is 92.1 Å². The van der Waals surface area contributed by atoms with Crippen LogP contribution in [0.25, 0.3) is 16.6 Å². The van der Waals surface area contributed by atoms with Gasteiger partial charge in [-0.25, -0.2) is 0 Å². The number of hydrogen-bond donors (Lipinski definition) is 1. The highest BCUT2D eigenvalue weighted by Crippen LogP contribution is 2.28. The van der Waals surface area contributed by atoms with Crippen molar-refractivity contribution in [2.75, 3.05) is 19.6 Å². The van der Waals surface area contributed by atoms with E-state index in [4.69, 9.17) is 11.6 Å². The maximum absolute atomic E-state index is 6.18. The number of benzene rings is 2. The lowest BCUT2D eigenvalue weighted by Crippen LogP contribution is -2.36. The second kappa shape index (κ2) is 10.1. The molecule has 0 amide bonds. The fourth-order valence-electron chi connectivity index (χ4n) is 5.21. The molecule has 1 N–H and O–H groups in total. The van der Waals surface area contributed by atoms with Crippen molar-refractivity contribution in [1.82, 2.24) is 24.6 Å². The molecular formula is C27H32ClN5. The second-order valence-corrected chi connectivity index (χ2v) is 9.94. The molecular weight excluding hydrogens is 430 g/mol.